The molecule has 154 valence electrons. The Kier molecular flexibility index (Phi) is 15.6. The summed E-state index contributed by atoms with van der Waals surface area (Å²) in [5.74, 6) is 12.0. The lowest BCUT2D eigenvalue weighted by atomic mass is 10.0. The molecule has 1 N–H and O–H groups in total. The lowest BCUT2D eigenvalue weighted by molar-refractivity contribution is -0.137. The third kappa shape index (κ3) is 16.1. The quantitative estimate of drug-likeness (QED) is 0.253. The lowest BCUT2D eigenvalue weighted by Gasteiger charge is -2.02. The van der Waals surface area contributed by atoms with E-state index in [9.17, 15) is 4.79 Å². The highest BCUT2D eigenvalue weighted by atomic mass is 16.4. The third-order valence-electron chi connectivity index (χ3n) is 4.74. The number of carbonyl (C=O) groups is 1. The smallest absolute Gasteiger partial charge is 0.303 e. The minimum atomic E-state index is -0.759. The van der Waals surface area contributed by atoms with Crippen molar-refractivity contribution < 1.29 is 14.3 Å². The largest absolute Gasteiger partial charge is 0.481 e. The number of hydrogen-bond donors (Lipinski definition) is 1. The van der Waals surface area contributed by atoms with Gasteiger partial charge in [-0.3, -0.25) is 4.79 Å². The van der Waals surface area contributed by atoms with Crippen LogP contribution in [0.3, 0.4) is 0 Å². The summed E-state index contributed by atoms with van der Waals surface area (Å²) in [5.41, 5.74) is 0. The van der Waals surface area contributed by atoms with E-state index in [0.29, 0.717) is 12.8 Å². The van der Waals surface area contributed by atoms with E-state index in [-0.39, 0.29) is 6.42 Å². The van der Waals surface area contributed by atoms with Crippen LogP contribution in [0.25, 0.3) is 0 Å². The molecule has 0 bridgehead atoms. The van der Waals surface area contributed by atoms with Crippen LogP contribution < -0.4 is 0 Å². The summed E-state index contributed by atoms with van der Waals surface area (Å²) in [6.45, 7) is 0. The highest BCUT2D eigenvalue weighted by Crippen LogP contribution is 2.13. The fourth-order valence-electron chi connectivity index (χ4n) is 3.10. The van der Waals surface area contributed by atoms with Gasteiger partial charge in [-0.2, -0.15) is 0 Å². The van der Waals surface area contributed by atoms with Gasteiger partial charge in [0.1, 0.15) is 5.76 Å². The Morgan fingerprint density at radius 2 is 1.32 bits per heavy atom. The van der Waals surface area contributed by atoms with Crippen LogP contribution in [0.15, 0.2) is 22.8 Å². The molecule has 0 saturated heterocycles. The van der Waals surface area contributed by atoms with Crippen molar-refractivity contribution >= 4 is 5.97 Å². The van der Waals surface area contributed by atoms with Gasteiger partial charge in [0.15, 0.2) is 0 Å². The van der Waals surface area contributed by atoms with Crippen molar-refractivity contribution in [3.05, 3.63) is 24.2 Å². The molecule has 0 spiro atoms. The number of carboxylic acids is 1. The van der Waals surface area contributed by atoms with Crippen LogP contribution in [0.5, 0.6) is 0 Å². The molecule has 1 heterocycles. The first-order valence-electron chi connectivity index (χ1n) is 11.0. The summed E-state index contributed by atoms with van der Waals surface area (Å²) < 4.78 is 5.35. The summed E-state index contributed by atoms with van der Waals surface area (Å²) in [4.78, 5) is 10.3. The van der Waals surface area contributed by atoms with Crippen LogP contribution in [-0.4, -0.2) is 11.1 Å². The predicted octanol–water partition coefficient (Wildman–Crippen LogP) is 6.77. The van der Waals surface area contributed by atoms with E-state index in [1.54, 1.807) is 6.26 Å². The maximum absolute atomic E-state index is 10.3. The van der Waals surface area contributed by atoms with Crippen molar-refractivity contribution in [1.82, 2.24) is 0 Å². The second kappa shape index (κ2) is 18.2. The van der Waals surface area contributed by atoms with Gasteiger partial charge in [-0.05, 0) is 43.2 Å². The van der Waals surface area contributed by atoms with E-state index >= 15 is 0 Å². The molecular formula is C25H36O3. The standard InChI is InChI=1S/C25H36O3/c26-25(27)22-18-16-14-12-10-8-6-4-2-1-3-5-7-9-11-13-15-17-20-24-21-19-23-28-24/h19,21,23H,1-7,9,11,13,15-18,20,22H2,(H,26,27). The summed E-state index contributed by atoms with van der Waals surface area (Å²) in [6.07, 6.45) is 19.6. The Balaban J connectivity index is 1.75. The molecule has 3 nitrogen and oxygen atoms in total. The molecule has 0 aliphatic rings. The first-order chi connectivity index (χ1) is 13.8. The number of unbranched alkanes of at least 4 members (excludes halogenated alkanes) is 12. The van der Waals surface area contributed by atoms with E-state index < -0.39 is 5.97 Å². The SMILES string of the molecule is O=C(O)CCCC#CC#CCCCCCCCCCCCCCc1ccco1. The van der Waals surface area contributed by atoms with Crippen LogP contribution in [-0.2, 0) is 11.2 Å². The number of rotatable bonds is 16. The molecule has 0 saturated carbocycles. The topological polar surface area (TPSA) is 50.4 Å². The molecule has 0 atom stereocenters. The second-order valence-electron chi connectivity index (χ2n) is 7.32. The molecule has 0 aromatic carbocycles. The maximum Gasteiger partial charge on any atom is 0.303 e. The minimum Gasteiger partial charge on any atom is -0.481 e. The van der Waals surface area contributed by atoms with Gasteiger partial charge in [-0.1, -0.05) is 69.6 Å². The van der Waals surface area contributed by atoms with Crippen LogP contribution in [0.2, 0.25) is 0 Å². The van der Waals surface area contributed by atoms with Crippen LogP contribution in [0.1, 0.15) is 102 Å². The zero-order chi connectivity index (χ0) is 20.1. The summed E-state index contributed by atoms with van der Waals surface area (Å²) in [6, 6.07) is 4.03. The summed E-state index contributed by atoms with van der Waals surface area (Å²) >= 11 is 0. The van der Waals surface area contributed by atoms with E-state index in [1.165, 1.54) is 64.2 Å². The van der Waals surface area contributed by atoms with Gasteiger partial charge < -0.3 is 9.52 Å². The number of aliphatic carboxylic acids is 1. The zero-order valence-electron chi connectivity index (χ0n) is 17.3. The average Bonchev–Trinajstić information content (AvgIpc) is 3.19. The fourth-order valence-corrected chi connectivity index (χ4v) is 3.10. The summed E-state index contributed by atoms with van der Waals surface area (Å²) in [5, 5.41) is 8.51. The first kappa shape index (κ1) is 23.9. The van der Waals surface area contributed by atoms with Gasteiger partial charge in [0, 0.05) is 25.7 Å². The Morgan fingerprint density at radius 1 is 0.786 bits per heavy atom. The van der Waals surface area contributed by atoms with Crippen molar-refractivity contribution in [1.29, 1.82) is 0 Å². The van der Waals surface area contributed by atoms with Crippen molar-refractivity contribution in [3.8, 4) is 23.7 Å². The highest BCUT2D eigenvalue weighted by Gasteiger charge is 1.96. The molecule has 28 heavy (non-hydrogen) atoms. The van der Waals surface area contributed by atoms with Crippen molar-refractivity contribution in [3.63, 3.8) is 0 Å². The number of furan rings is 1. The van der Waals surface area contributed by atoms with Gasteiger partial charge in [0.05, 0.1) is 6.26 Å². The van der Waals surface area contributed by atoms with E-state index in [0.717, 1.165) is 25.0 Å². The molecule has 0 aliphatic heterocycles. The zero-order valence-corrected chi connectivity index (χ0v) is 17.3. The number of carboxylic acid groups (broad SMARTS) is 1. The molecule has 0 amide bonds. The van der Waals surface area contributed by atoms with Crippen molar-refractivity contribution in [2.24, 2.45) is 0 Å². The Hall–Kier alpha value is -2.13. The Bertz CT molecular complexity index is 608. The van der Waals surface area contributed by atoms with Gasteiger partial charge in [-0.15, -0.1) is 0 Å². The molecule has 1 aromatic heterocycles. The lowest BCUT2D eigenvalue weighted by Crippen LogP contribution is -1.92. The predicted molar refractivity (Wildman–Crippen MR) is 115 cm³/mol. The average molecular weight is 385 g/mol. The van der Waals surface area contributed by atoms with Crippen LogP contribution in [0, 0.1) is 23.7 Å². The molecular weight excluding hydrogens is 348 g/mol. The number of hydrogen-bond acceptors (Lipinski definition) is 2. The molecule has 0 radical (unpaired) electrons. The second-order valence-corrected chi connectivity index (χ2v) is 7.32. The van der Waals surface area contributed by atoms with E-state index in [4.69, 9.17) is 9.52 Å². The van der Waals surface area contributed by atoms with Crippen molar-refractivity contribution in [2.45, 2.75) is 103 Å². The van der Waals surface area contributed by atoms with Gasteiger partial charge >= 0.3 is 5.97 Å². The normalized spacial score (nSPS) is 10.0. The van der Waals surface area contributed by atoms with Gasteiger partial charge in [-0.25, -0.2) is 0 Å². The molecule has 3 heteroatoms. The van der Waals surface area contributed by atoms with Gasteiger partial charge in [0.25, 0.3) is 0 Å². The van der Waals surface area contributed by atoms with Crippen molar-refractivity contribution in [2.75, 3.05) is 0 Å². The first-order valence-corrected chi connectivity index (χ1v) is 11.0. The minimum absolute atomic E-state index is 0.189. The molecule has 0 unspecified atom stereocenters. The Labute approximate surface area is 171 Å². The summed E-state index contributed by atoms with van der Waals surface area (Å²) in [7, 11) is 0. The fraction of sp³-hybridized carbons (Fsp3) is 0.640. The number of aryl methyl sites for hydroxylation is 1. The highest BCUT2D eigenvalue weighted by molar-refractivity contribution is 5.66. The molecule has 0 aliphatic carbocycles. The van der Waals surface area contributed by atoms with Gasteiger partial charge in [0.2, 0.25) is 0 Å². The van der Waals surface area contributed by atoms with E-state index in [2.05, 4.69) is 29.7 Å². The van der Waals surface area contributed by atoms with Crippen LogP contribution >= 0.6 is 0 Å². The molecule has 1 aromatic rings. The maximum atomic E-state index is 10.3. The molecule has 0 fully saturated rings. The monoisotopic (exact) mass is 384 g/mol. The van der Waals surface area contributed by atoms with E-state index in [1.807, 2.05) is 6.07 Å². The molecule has 1 rings (SSSR count). The third-order valence-corrected chi connectivity index (χ3v) is 4.74. The van der Waals surface area contributed by atoms with Crippen LogP contribution in [0.4, 0.5) is 0 Å². The Morgan fingerprint density at radius 3 is 1.86 bits per heavy atom.